The summed E-state index contributed by atoms with van der Waals surface area (Å²) >= 11 is 0. The quantitative estimate of drug-likeness (QED) is 0.715. The third-order valence-corrected chi connectivity index (χ3v) is 5.62. The maximum Gasteiger partial charge on any atom is 0.326 e. The Morgan fingerprint density at radius 3 is 2.32 bits per heavy atom. The number of rotatable bonds is 7. The van der Waals surface area contributed by atoms with Crippen LogP contribution >= 0.6 is 0 Å². The van der Waals surface area contributed by atoms with Crippen molar-refractivity contribution in [1.82, 2.24) is 10.2 Å². The van der Waals surface area contributed by atoms with E-state index >= 15 is 0 Å². The van der Waals surface area contributed by atoms with Gasteiger partial charge in [0.25, 0.3) is 5.91 Å². The van der Waals surface area contributed by atoms with E-state index in [0.717, 1.165) is 13.1 Å². The minimum atomic E-state index is -1.14. The van der Waals surface area contributed by atoms with E-state index in [1.807, 2.05) is 0 Å². The summed E-state index contributed by atoms with van der Waals surface area (Å²) in [7, 11) is 0. The Labute approximate surface area is 182 Å². The molecule has 1 fully saturated rings. The number of benzene rings is 2. The lowest BCUT2D eigenvalue weighted by Crippen LogP contribution is -2.49. The molecule has 2 aromatic carbocycles. The average molecular weight is 424 g/mol. The van der Waals surface area contributed by atoms with E-state index in [0.29, 0.717) is 18.7 Å². The number of carboxylic acid groups (broad SMARTS) is 1. The Morgan fingerprint density at radius 2 is 1.68 bits per heavy atom. The van der Waals surface area contributed by atoms with Crippen LogP contribution < -0.4 is 10.2 Å². The van der Waals surface area contributed by atoms with Gasteiger partial charge in [-0.05, 0) is 49.6 Å². The molecule has 1 aliphatic rings. The van der Waals surface area contributed by atoms with Crippen molar-refractivity contribution in [2.45, 2.75) is 32.7 Å². The molecular weight excluding hydrogens is 394 g/mol. The van der Waals surface area contributed by atoms with Gasteiger partial charge in [0.2, 0.25) is 5.91 Å². The monoisotopic (exact) mass is 423 g/mol. The van der Waals surface area contributed by atoms with Crippen LogP contribution in [0.5, 0.6) is 0 Å². The number of hydrogen-bond donors (Lipinski definition) is 2. The van der Waals surface area contributed by atoms with Crippen molar-refractivity contribution in [3.8, 4) is 0 Å². The smallest absolute Gasteiger partial charge is 0.326 e. The molecule has 1 saturated heterocycles. The van der Waals surface area contributed by atoms with Gasteiger partial charge >= 0.3 is 5.97 Å². The first kappa shape index (κ1) is 22.3. The molecule has 2 N–H and O–H groups in total. The van der Waals surface area contributed by atoms with Crippen LogP contribution in [0.4, 0.5) is 5.69 Å². The van der Waals surface area contributed by atoms with Crippen LogP contribution in [-0.4, -0.2) is 60.0 Å². The van der Waals surface area contributed by atoms with Gasteiger partial charge in [0.1, 0.15) is 6.04 Å². The standard InChI is InChI=1S/C24H29N3O4/c1-17-8-9-18(2)21(16-17)26-12-14-27(15-13-26)22(28)11-10-20(24(30)31)25-23(29)19-6-4-3-5-7-19/h3-9,16,20H,10-15H2,1-2H3,(H,25,29)(H,30,31)/t20-/m0/s1. The maximum atomic E-state index is 12.6. The summed E-state index contributed by atoms with van der Waals surface area (Å²) in [6, 6.07) is 13.7. The number of carbonyl (C=O) groups excluding carboxylic acids is 2. The number of nitrogens with zero attached hydrogens (tertiary/aromatic N) is 2. The molecular formula is C24H29N3O4. The van der Waals surface area contributed by atoms with E-state index in [4.69, 9.17) is 0 Å². The minimum Gasteiger partial charge on any atom is -0.480 e. The van der Waals surface area contributed by atoms with Crippen molar-refractivity contribution < 1.29 is 19.5 Å². The Bertz CT molecular complexity index is 937. The van der Waals surface area contributed by atoms with E-state index in [1.165, 1.54) is 16.8 Å². The number of carboxylic acids is 1. The van der Waals surface area contributed by atoms with Gasteiger partial charge < -0.3 is 20.2 Å². The lowest BCUT2D eigenvalue weighted by Gasteiger charge is -2.37. The molecule has 7 heteroatoms. The van der Waals surface area contributed by atoms with Crippen LogP contribution in [0, 0.1) is 13.8 Å². The molecule has 7 nitrogen and oxygen atoms in total. The summed E-state index contributed by atoms with van der Waals surface area (Å²) in [4.78, 5) is 40.5. The molecule has 0 radical (unpaired) electrons. The number of nitrogens with one attached hydrogen (secondary N) is 1. The summed E-state index contributed by atoms with van der Waals surface area (Å²) in [5, 5.41) is 12.0. The molecule has 0 unspecified atom stereocenters. The molecule has 3 rings (SSSR count). The molecule has 164 valence electrons. The predicted octanol–water partition coefficient (Wildman–Crippen LogP) is 2.62. The van der Waals surface area contributed by atoms with Gasteiger partial charge in [0.05, 0.1) is 0 Å². The highest BCUT2D eigenvalue weighted by molar-refractivity contribution is 5.96. The van der Waals surface area contributed by atoms with Crippen molar-refractivity contribution in [3.63, 3.8) is 0 Å². The zero-order chi connectivity index (χ0) is 22.4. The van der Waals surface area contributed by atoms with Crippen LogP contribution in [0.25, 0.3) is 0 Å². The second-order valence-corrected chi connectivity index (χ2v) is 7.93. The largest absolute Gasteiger partial charge is 0.480 e. The highest BCUT2D eigenvalue weighted by Crippen LogP contribution is 2.23. The molecule has 0 saturated carbocycles. The van der Waals surface area contributed by atoms with Crippen molar-refractivity contribution in [1.29, 1.82) is 0 Å². The van der Waals surface area contributed by atoms with Gasteiger partial charge in [0.15, 0.2) is 0 Å². The first-order valence-electron chi connectivity index (χ1n) is 10.5. The number of amides is 2. The van der Waals surface area contributed by atoms with Crippen LogP contribution in [0.15, 0.2) is 48.5 Å². The third kappa shape index (κ3) is 5.84. The van der Waals surface area contributed by atoms with E-state index in [-0.39, 0.29) is 18.7 Å². The summed E-state index contributed by atoms with van der Waals surface area (Å²) in [5.41, 5.74) is 4.00. The summed E-state index contributed by atoms with van der Waals surface area (Å²) in [5.74, 6) is -1.68. The Hall–Kier alpha value is -3.35. The van der Waals surface area contributed by atoms with Gasteiger partial charge in [-0.25, -0.2) is 4.79 Å². The highest BCUT2D eigenvalue weighted by atomic mass is 16.4. The van der Waals surface area contributed by atoms with Crippen molar-refractivity contribution in [2.24, 2.45) is 0 Å². The van der Waals surface area contributed by atoms with Gasteiger partial charge in [-0.2, -0.15) is 0 Å². The van der Waals surface area contributed by atoms with Crippen molar-refractivity contribution >= 4 is 23.5 Å². The first-order valence-corrected chi connectivity index (χ1v) is 10.5. The molecule has 2 amide bonds. The van der Waals surface area contributed by atoms with Crippen LogP contribution in [0.1, 0.15) is 34.3 Å². The molecule has 0 spiro atoms. The lowest BCUT2D eigenvalue weighted by atomic mass is 10.1. The van der Waals surface area contributed by atoms with Gasteiger partial charge in [0, 0.05) is 43.9 Å². The summed E-state index contributed by atoms with van der Waals surface area (Å²) < 4.78 is 0. The van der Waals surface area contributed by atoms with E-state index in [1.54, 1.807) is 35.2 Å². The zero-order valence-corrected chi connectivity index (χ0v) is 18.0. The van der Waals surface area contributed by atoms with Crippen LogP contribution in [-0.2, 0) is 9.59 Å². The number of anilines is 1. The Kier molecular flexibility index (Phi) is 7.28. The van der Waals surface area contributed by atoms with Gasteiger partial charge in [-0.3, -0.25) is 9.59 Å². The topological polar surface area (TPSA) is 90.0 Å². The minimum absolute atomic E-state index is 0.0595. The zero-order valence-electron chi connectivity index (χ0n) is 18.0. The molecule has 0 aliphatic carbocycles. The third-order valence-electron chi connectivity index (χ3n) is 5.62. The second-order valence-electron chi connectivity index (χ2n) is 7.93. The molecule has 31 heavy (non-hydrogen) atoms. The normalized spacial score (nSPS) is 14.8. The van der Waals surface area contributed by atoms with E-state index in [9.17, 15) is 19.5 Å². The molecule has 0 aromatic heterocycles. The second kappa shape index (κ2) is 10.1. The lowest BCUT2D eigenvalue weighted by molar-refractivity contribution is -0.139. The Morgan fingerprint density at radius 1 is 1.00 bits per heavy atom. The fourth-order valence-electron chi connectivity index (χ4n) is 3.77. The van der Waals surface area contributed by atoms with Crippen LogP contribution in [0.3, 0.4) is 0 Å². The number of aliphatic carboxylic acids is 1. The fourth-order valence-corrected chi connectivity index (χ4v) is 3.77. The van der Waals surface area contributed by atoms with Crippen LogP contribution in [0.2, 0.25) is 0 Å². The highest BCUT2D eigenvalue weighted by Gasteiger charge is 2.25. The summed E-state index contributed by atoms with van der Waals surface area (Å²) in [6.07, 6.45) is 0.138. The average Bonchev–Trinajstić information content (AvgIpc) is 2.78. The molecule has 1 heterocycles. The predicted molar refractivity (Wildman–Crippen MR) is 119 cm³/mol. The van der Waals surface area contributed by atoms with E-state index < -0.39 is 17.9 Å². The SMILES string of the molecule is Cc1ccc(C)c(N2CCN(C(=O)CC[C@H](NC(=O)c3ccccc3)C(=O)O)CC2)c1. The van der Waals surface area contributed by atoms with Gasteiger partial charge in [-0.15, -0.1) is 0 Å². The number of carbonyl (C=O) groups is 3. The van der Waals surface area contributed by atoms with Crippen molar-refractivity contribution in [3.05, 3.63) is 65.2 Å². The number of piperazine rings is 1. The molecule has 2 aromatic rings. The Balaban J connectivity index is 1.51. The van der Waals surface area contributed by atoms with Gasteiger partial charge in [-0.1, -0.05) is 30.3 Å². The van der Waals surface area contributed by atoms with E-state index in [2.05, 4.69) is 42.3 Å². The molecule has 1 aliphatic heterocycles. The maximum absolute atomic E-state index is 12.6. The molecule has 0 bridgehead atoms. The first-order chi connectivity index (χ1) is 14.8. The summed E-state index contributed by atoms with van der Waals surface area (Å²) in [6.45, 7) is 6.83. The van der Waals surface area contributed by atoms with Crippen molar-refractivity contribution in [2.75, 3.05) is 31.1 Å². The number of aryl methyl sites for hydroxylation is 2. The number of hydrogen-bond acceptors (Lipinski definition) is 4. The fraction of sp³-hybridized carbons (Fsp3) is 0.375. The molecule has 1 atom stereocenters.